The Hall–Kier alpha value is -5.66. The summed E-state index contributed by atoms with van der Waals surface area (Å²) in [5.41, 5.74) is 21.0. The molecule has 4 aliphatic carbocycles. The molecular weight excluding hydrogens is 723 g/mol. The lowest BCUT2D eigenvalue weighted by Crippen LogP contribution is -2.16. The molecule has 11 rings (SSSR count). The van der Waals surface area contributed by atoms with E-state index in [0.29, 0.717) is 5.92 Å². The monoisotopic (exact) mass is 779 g/mol. The summed E-state index contributed by atoms with van der Waals surface area (Å²) in [4.78, 5) is 2.45. The fourth-order valence-corrected chi connectivity index (χ4v) is 12.1. The van der Waals surface area contributed by atoms with Crippen LogP contribution in [0, 0.1) is 18.8 Å². The maximum Gasteiger partial charge on any atom is 0.0465 e. The van der Waals surface area contributed by atoms with Gasteiger partial charge in [0.25, 0.3) is 0 Å². The van der Waals surface area contributed by atoms with Gasteiger partial charge in [0.2, 0.25) is 0 Å². The lowest BCUT2D eigenvalue weighted by Gasteiger charge is -2.28. The number of hydrogen-bond donors (Lipinski definition) is 0. The molecule has 2 bridgehead atoms. The molecule has 0 spiro atoms. The molecule has 1 heteroatoms. The summed E-state index contributed by atoms with van der Waals surface area (Å²) in [7, 11) is 0. The molecule has 0 heterocycles. The fraction of sp³-hybridized carbons (Fsp3) is 0.288. The second-order valence-corrected chi connectivity index (χ2v) is 19.2. The average Bonchev–Trinajstić information content (AvgIpc) is 4.00. The number of nitrogens with zero attached hydrogens (tertiary/aromatic N) is 1. The van der Waals surface area contributed by atoms with Crippen LogP contribution in [0.2, 0.25) is 0 Å². The van der Waals surface area contributed by atoms with Crippen LogP contribution in [-0.2, 0) is 5.41 Å². The van der Waals surface area contributed by atoms with Crippen molar-refractivity contribution < 1.29 is 0 Å². The summed E-state index contributed by atoms with van der Waals surface area (Å²) in [6.45, 7) is 7.03. The van der Waals surface area contributed by atoms with Crippen molar-refractivity contribution >= 4 is 17.1 Å². The highest BCUT2D eigenvalue weighted by Gasteiger charge is 2.40. The second kappa shape index (κ2) is 15.1. The third-order valence-corrected chi connectivity index (χ3v) is 15.3. The van der Waals surface area contributed by atoms with Crippen LogP contribution in [0.4, 0.5) is 17.1 Å². The normalized spacial score (nSPS) is 20.2. The van der Waals surface area contributed by atoms with E-state index in [1.807, 2.05) is 0 Å². The first kappa shape index (κ1) is 37.3. The number of anilines is 3. The van der Waals surface area contributed by atoms with Crippen molar-refractivity contribution in [2.75, 3.05) is 4.90 Å². The molecule has 0 radical (unpaired) electrons. The first-order chi connectivity index (χ1) is 29.4. The summed E-state index contributed by atoms with van der Waals surface area (Å²) >= 11 is 0. The number of rotatable bonds is 8. The molecule has 0 N–H and O–H groups in total. The van der Waals surface area contributed by atoms with E-state index in [-0.39, 0.29) is 5.41 Å². The van der Waals surface area contributed by atoms with Crippen molar-refractivity contribution in [1.82, 2.24) is 0 Å². The van der Waals surface area contributed by atoms with Gasteiger partial charge in [-0.3, -0.25) is 0 Å². The van der Waals surface area contributed by atoms with Crippen LogP contribution in [-0.4, -0.2) is 0 Å². The molecule has 0 saturated heterocycles. The zero-order valence-corrected chi connectivity index (χ0v) is 35.6. The van der Waals surface area contributed by atoms with Gasteiger partial charge in [0, 0.05) is 22.5 Å². The van der Waals surface area contributed by atoms with Gasteiger partial charge in [0.1, 0.15) is 0 Å². The zero-order valence-electron chi connectivity index (χ0n) is 35.6. The Morgan fingerprint density at radius 3 is 1.67 bits per heavy atom. The predicted molar refractivity (Wildman–Crippen MR) is 254 cm³/mol. The summed E-state index contributed by atoms with van der Waals surface area (Å²) < 4.78 is 0. The minimum absolute atomic E-state index is 0.0887. The molecule has 3 saturated carbocycles. The number of hydrogen-bond acceptors (Lipinski definition) is 1. The van der Waals surface area contributed by atoms with Gasteiger partial charge in [0.15, 0.2) is 0 Å². The van der Waals surface area contributed by atoms with E-state index in [9.17, 15) is 0 Å². The standard InChI is InChI=1S/C59H57N/c1-39-10-9-15-56-58(39)54-35-34-51(38-57(54)59(56,2)3)60(49-30-26-44(27-31-49)43-20-24-47(25-21-43)55-37-40-16-17-48(55)36-40)50-32-28-46(29-33-50)53-14-8-7-13-52(53)45-22-18-42(19-23-45)41-11-5-4-6-12-41/h7-10,13-15,18-35,38,40-41,48,55H,4-6,11-12,16-17,36-37H2,1-3H3. The molecular formula is C59H57N. The zero-order chi connectivity index (χ0) is 40.4. The molecule has 298 valence electrons. The Morgan fingerprint density at radius 1 is 0.467 bits per heavy atom. The molecule has 7 aromatic rings. The number of aryl methyl sites for hydroxylation is 1. The Kier molecular flexibility index (Phi) is 9.41. The Balaban J connectivity index is 0.937. The smallest absolute Gasteiger partial charge is 0.0465 e. The van der Waals surface area contributed by atoms with Gasteiger partial charge in [-0.15, -0.1) is 0 Å². The molecule has 60 heavy (non-hydrogen) atoms. The van der Waals surface area contributed by atoms with Crippen molar-refractivity contribution in [3.05, 3.63) is 186 Å². The first-order valence-corrected chi connectivity index (χ1v) is 22.9. The van der Waals surface area contributed by atoms with E-state index in [4.69, 9.17) is 0 Å². The van der Waals surface area contributed by atoms with Crippen molar-refractivity contribution in [3.63, 3.8) is 0 Å². The number of benzene rings is 7. The van der Waals surface area contributed by atoms with Gasteiger partial charge >= 0.3 is 0 Å². The second-order valence-electron chi connectivity index (χ2n) is 19.2. The SMILES string of the molecule is Cc1cccc2c1-c1ccc(N(c3ccc(-c4ccc(C5CC6CCC5C6)cc4)cc3)c3ccc(-c4ccccc4-c4ccc(C5CCCCC5)cc4)cc3)cc1C2(C)C. The summed E-state index contributed by atoms with van der Waals surface area (Å²) in [5, 5.41) is 0. The summed E-state index contributed by atoms with van der Waals surface area (Å²) in [5.74, 6) is 3.35. The van der Waals surface area contributed by atoms with Crippen molar-refractivity contribution in [2.45, 2.75) is 95.8 Å². The van der Waals surface area contributed by atoms with Crippen LogP contribution in [0.25, 0.3) is 44.5 Å². The lowest BCUT2D eigenvalue weighted by atomic mass is 9.82. The molecule has 1 nitrogen and oxygen atoms in total. The van der Waals surface area contributed by atoms with Gasteiger partial charge in [-0.2, -0.15) is 0 Å². The summed E-state index contributed by atoms with van der Waals surface area (Å²) in [6, 6.07) is 60.4. The van der Waals surface area contributed by atoms with Crippen LogP contribution >= 0.6 is 0 Å². The largest absolute Gasteiger partial charge is 0.310 e. The minimum Gasteiger partial charge on any atom is -0.310 e. The van der Waals surface area contributed by atoms with E-state index in [0.717, 1.165) is 29.1 Å². The molecule has 3 unspecified atom stereocenters. The minimum atomic E-state index is -0.0887. The van der Waals surface area contributed by atoms with E-state index in [1.165, 1.54) is 130 Å². The van der Waals surface area contributed by atoms with Gasteiger partial charge < -0.3 is 4.90 Å². The topological polar surface area (TPSA) is 3.24 Å². The lowest BCUT2D eigenvalue weighted by molar-refractivity contribution is 0.420. The number of fused-ring (bicyclic) bond motifs is 5. The van der Waals surface area contributed by atoms with Crippen LogP contribution in [0.15, 0.2) is 158 Å². The van der Waals surface area contributed by atoms with Crippen LogP contribution < -0.4 is 4.90 Å². The molecule has 4 aliphatic rings. The predicted octanol–water partition coefficient (Wildman–Crippen LogP) is 16.7. The van der Waals surface area contributed by atoms with Crippen LogP contribution in [0.3, 0.4) is 0 Å². The molecule has 3 atom stereocenters. The highest BCUT2D eigenvalue weighted by atomic mass is 15.1. The van der Waals surface area contributed by atoms with Crippen LogP contribution in [0.1, 0.15) is 111 Å². The van der Waals surface area contributed by atoms with Gasteiger partial charge in [0.05, 0.1) is 0 Å². The molecule has 0 amide bonds. The van der Waals surface area contributed by atoms with Crippen molar-refractivity contribution in [1.29, 1.82) is 0 Å². The van der Waals surface area contributed by atoms with Crippen molar-refractivity contribution in [3.8, 4) is 44.5 Å². The Labute approximate surface area is 358 Å². The molecule has 0 aliphatic heterocycles. The molecule has 7 aromatic carbocycles. The van der Waals surface area contributed by atoms with Gasteiger partial charge in [-0.05, 0) is 171 Å². The Morgan fingerprint density at radius 2 is 1.05 bits per heavy atom. The van der Waals surface area contributed by atoms with E-state index >= 15 is 0 Å². The van der Waals surface area contributed by atoms with E-state index in [1.54, 1.807) is 5.56 Å². The fourth-order valence-electron chi connectivity index (χ4n) is 12.1. The van der Waals surface area contributed by atoms with E-state index < -0.39 is 0 Å². The highest BCUT2D eigenvalue weighted by Crippen LogP contribution is 2.54. The summed E-state index contributed by atoms with van der Waals surface area (Å²) in [6.07, 6.45) is 12.5. The maximum atomic E-state index is 2.46. The Bertz CT molecular complexity index is 2660. The van der Waals surface area contributed by atoms with E-state index in [2.05, 4.69) is 183 Å². The quantitative estimate of drug-likeness (QED) is 0.148. The van der Waals surface area contributed by atoms with Gasteiger partial charge in [-0.1, -0.05) is 161 Å². The highest BCUT2D eigenvalue weighted by molar-refractivity contribution is 5.89. The molecule has 3 fully saturated rings. The average molecular weight is 780 g/mol. The third kappa shape index (κ3) is 6.53. The van der Waals surface area contributed by atoms with Gasteiger partial charge in [-0.25, -0.2) is 0 Å². The van der Waals surface area contributed by atoms with Crippen LogP contribution in [0.5, 0.6) is 0 Å². The third-order valence-electron chi connectivity index (χ3n) is 15.3. The first-order valence-electron chi connectivity index (χ1n) is 22.9. The maximum absolute atomic E-state index is 2.46. The molecule has 0 aromatic heterocycles. The van der Waals surface area contributed by atoms with Crippen molar-refractivity contribution in [2.24, 2.45) is 11.8 Å².